The molecule has 1 aromatic heterocycles. The number of aromatic nitrogens is 1. The minimum Gasteiger partial charge on any atom is -0.506 e. The number of fused-ring (bicyclic) bond motifs is 1. The Balaban J connectivity index is 0.000000257. The topological polar surface area (TPSA) is 166 Å². The molecule has 11 nitrogen and oxygen atoms in total. The van der Waals surface area contributed by atoms with Gasteiger partial charge in [-0.05, 0) is 24.6 Å². The van der Waals surface area contributed by atoms with Crippen LogP contribution < -0.4 is 0 Å². The van der Waals surface area contributed by atoms with Crippen LogP contribution in [0, 0.1) is 20.2 Å². The van der Waals surface area contributed by atoms with E-state index in [1.54, 1.807) is 12.1 Å². The van der Waals surface area contributed by atoms with Crippen molar-refractivity contribution in [3.63, 3.8) is 0 Å². The Kier molecular flexibility index (Phi) is 6.82. The van der Waals surface area contributed by atoms with Crippen LogP contribution in [0.4, 0.5) is 5.69 Å². The number of carbonyl (C=O) groups is 1. The van der Waals surface area contributed by atoms with Crippen molar-refractivity contribution in [3.05, 3.63) is 50.7 Å². The summed E-state index contributed by atoms with van der Waals surface area (Å²) in [6.45, 7) is -0.153. The number of nitro groups is 1. The van der Waals surface area contributed by atoms with E-state index in [0.29, 0.717) is 5.39 Å². The number of phenols is 1. The molecule has 0 atom stereocenters. The van der Waals surface area contributed by atoms with Crippen molar-refractivity contribution in [3.8, 4) is 5.75 Å². The number of carboxylic acid groups (broad SMARTS) is 1. The lowest BCUT2D eigenvalue weighted by atomic mass is 10.2. The van der Waals surface area contributed by atoms with Crippen LogP contribution in [-0.2, 0) is 9.63 Å². The van der Waals surface area contributed by atoms with Crippen molar-refractivity contribution in [2.45, 2.75) is 12.8 Å². The molecule has 128 valence electrons. The lowest BCUT2D eigenvalue weighted by Gasteiger charge is -1.99. The fourth-order valence-corrected chi connectivity index (χ4v) is 1.66. The number of rotatable bonds is 6. The summed E-state index contributed by atoms with van der Waals surface area (Å²) in [6.07, 6.45) is 1.54. The van der Waals surface area contributed by atoms with Crippen LogP contribution in [0.3, 0.4) is 0 Å². The molecule has 0 spiro atoms. The summed E-state index contributed by atoms with van der Waals surface area (Å²) in [5.74, 6) is -1.03. The van der Waals surface area contributed by atoms with Crippen LogP contribution in [-0.4, -0.2) is 37.8 Å². The molecule has 0 fully saturated rings. The Hall–Kier alpha value is -3.50. The number of hydrogen-bond donors (Lipinski definition) is 2. The second kappa shape index (κ2) is 8.82. The first-order valence-electron chi connectivity index (χ1n) is 6.53. The van der Waals surface area contributed by atoms with Crippen molar-refractivity contribution >= 4 is 22.6 Å². The molecule has 0 aliphatic carbocycles. The number of phenolic OH excluding ortho intramolecular Hbond substituents is 1. The summed E-state index contributed by atoms with van der Waals surface area (Å²) in [5.41, 5.74) is 0.201. The standard InChI is InChI=1S/C9H6N2O3.C4H7NO5/c12-8-4-3-7(11(13)14)6-2-1-5-10-9(6)8;6-4(7)2-1-3-10-5(8)9/h1-5,12H;1-3H2,(H,6,7). The lowest BCUT2D eigenvalue weighted by Crippen LogP contribution is -2.04. The summed E-state index contributed by atoms with van der Waals surface area (Å²) in [6, 6.07) is 5.68. The average molecular weight is 339 g/mol. The molecular weight excluding hydrogens is 326 g/mol. The SMILES string of the molecule is O=C(O)CCCO[N+](=O)[O-].O=[N+]([O-])c1ccc(O)c2ncccc12. The first-order valence-corrected chi connectivity index (χ1v) is 6.53. The van der Waals surface area contributed by atoms with Gasteiger partial charge in [0.1, 0.15) is 11.3 Å². The van der Waals surface area contributed by atoms with Gasteiger partial charge in [-0.2, -0.15) is 0 Å². The Morgan fingerprint density at radius 1 is 1.25 bits per heavy atom. The van der Waals surface area contributed by atoms with E-state index in [1.807, 2.05) is 0 Å². The molecule has 2 rings (SSSR count). The molecule has 2 aromatic rings. The first kappa shape index (κ1) is 18.5. The molecule has 11 heteroatoms. The molecule has 0 saturated heterocycles. The van der Waals surface area contributed by atoms with Crippen LogP contribution in [0.5, 0.6) is 5.75 Å². The smallest absolute Gasteiger partial charge is 0.303 e. The molecule has 0 radical (unpaired) electrons. The number of nitrogens with zero attached hydrogens (tertiary/aromatic N) is 3. The summed E-state index contributed by atoms with van der Waals surface area (Å²) in [5, 5.41) is 37.0. The number of nitro benzene ring substituents is 1. The van der Waals surface area contributed by atoms with Gasteiger partial charge < -0.3 is 15.1 Å². The number of carboxylic acids is 1. The van der Waals surface area contributed by atoms with E-state index < -0.39 is 16.0 Å². The van der Waals surface area contributed by atoms with Crippen molar-refractivity contribution in [1.29, 1.82) is 0 Å². The third-order valence-corrected chi connectivity index (χ3v) is 2.65. The van der Waals surface area contributed by atoms with Crippen molar-refractivity contribution in [2.24, 2.45) is 0 Å². The quantitative estimate of drug-likeness (QED) is 0.454. The van der Waals surface area contributed by atoms with Gasteiger partial charge in [0.2, 0.25) is 0 Å². The van der Waals surface area contributed by atoms with E-state index in [9.17, 15) is 30.1 Å². The van der Waals surface area contributed by atoms with E-state index in [0.717, 1.165) is 0 Å². The molecule has 24 heavy (non-hydrogen) atoms. The number of aromatic hydroxyl groups is 1. The zero-order chi connectivity index (χ0) is 18.1. The van der Waals surface area contributed by atoms with Gasteiger partial charge in [-0.15, -0.1) is 10.1 Å². The highest BCUT2D eigenvalue weighted by Gasteiger charge is 2.13. The Morgan fingerprint density at radius 2 is 1.96 bits per heavy atom. The molecule has 0 unspecified atom stereocenters. The second-order valence-corrected chi connectivity index (χ2v) is 4.31. The molecule has 0 aliphatic rings. The predicted octanol–water partition coefficient (Wildman–Crippen LogP) is 1.91. The van der Waals surface area contributed by atoms with E-state index in [2.05, 4.69) is 9.82 Å². The summed E-state index contributed by atoms with van der Waals surface area (Å²) in [7, 11) is 0. The summed E-state index contributed by atoms with van der Waals surface area (Å²) in [4.78, 5) is 37.1. The van der Waals surface area contributed by atoms with Gasteiger partial charge >= 0.3 is 5.97 Å². The number of pyridine rings is 1. The Bertz CT molecular complexity index is 733. The van der Waals surface area contributed by atoms with Crippen LogP contribution >= 0.6 is 0 Å². The minimum atomic E-state index is -0.980. The van der Waals surface area contributed by atoms with Gasteiger partial charge in [-0.1, -0.05) is 0 Å². The number of benzene rings is 1. The molecule has 0 saturated carbocycles. The highest BCUT2D eigenvalue weighted by atomic mass is 16.9. The normalized spacial score (nSPS) is 9.67. The highest BCUT2D eigenvalue weighted by Crippen LogP contribution is 2.29. The predicted molar refractivity (Wildman–Crippen MR) is 79.9 cm³/mol. The van der Waals surface area contributed by atoms with Crippen LogP contribution in [0.2, 0.25) is 0 Å². The number of non-ortho nitro benzene ring substituents is 1. The average Bonchev–Trinajstić information content (AvgIpc) is 2.52. The van der Waals surface area contributed by atoms with Gasteiger partial charge in [0.25, 0.3) is 10.8 Å². The van der Waals surface area contributed by atoms with Crippen molar-refractivity contribution < 1.29 is 29.9 Å². The van der Waals surface area contributed by atoms with Crippen molar-refractivity contribution in [2.75, 3.05) is 6.61 Å². The first-order chi connectivity index (χ1) is 11.3. The Morgan fingerprint density at radius 3 is 2.54 bits per heavy atom. The molecular formula is C13H13N3O8. The van der Waals surface area contributed by atoms with Crippen LogP contribution in [0.1, 0.15) is 12.8 Å². The van der Waals surface area contributed by atoms with Gasteiger partial charge in [0.05, 0.1) is 16.9 Å². The second-order valence-electron chi connectivity index (χ2n) is 4.31. The van der Waals surface area contributed by atoms with E-state index >= 15 is 0 Å². The maximum Gasteiger partial charge on any atom is 0.303 e. The maximum absolute atomic E-state index is 10.6. The molecule has 0 amide bonds. The fraction of sp³-hybridized carbons (Fsp3) is 0.231. The molecule has 1 heterocycles. The van der Waals surface area contributed by atoms with Crippen LogP contribution in [0.15, 0.2) is 30.5 Å². The van der Waals surface area contributed by atoms with Gasteiger partial charge in [0, 0.05) is 18.7 Å². The fourth-order valence-electron chi connectivity index (χ4n) is 1.66. The largest absolute Gasteiger partial charge is 0.506 e. The third-order valence-electron chi connectivity index (χ3n) is 2.65. The highest BCUT2D eigenvalue weighted by molar-refractivity contribution is 5.91. The summed E-state index contributed by atoms with van der Waals surface area (Å²) < 4.78 is 0. The molecule has 1 aromatic carbocycles. The lowest BCUT2D eigenvalue weighted by molar-refractivity contribution is -0.757. The van der Waals surface area contributed by atoms with E-state index in [1.165, 1.54) is 18.3 Å². The Labute approximate surface area is 134 Å². The zero-order valence-electron chi connectivity index (χ0n) is 12.2. The van der Waals surface area contributed by atoms with E-state index in [4.69, 9.17) is 5.11 Å². The third kappa shape index (κ3) is 5.71. The maximum atomic E-state index is 10.6. The zero-order valence-corrected chi connectivity index (χ0v) is 12.2. The van der Waals surface area contributed by atoms with Gasteiger partial charge in [0.15, 0.2) is 0 Å². The number of hydrogen-bond acceptors (Lipinski definition) is 8. The minimum absolute atomic E-state index is 0.0498. The van der Waals surface area contributed by atoms with Crippen molar-refractivity contribution in [1.82, 2.24) is 4.98 Å². The summed E-state index contributed by atoms with van der Waals surface area (Å²) >= 11 is 0. The molecule has 2 N–H and O–H groups in total. The van der Waals surface area contributed by atoms with E-state index in [-0.39, 0.29) is 36.4 Å². The van der Waals surface area contributed by atoms with Gasteiger partial charge in [-0.25, -0.2) is 0 Å². The van der Waals surface area contributed by atoms with Gasteiger partial charge in [-0.3, -0.25) is 19.9 Å². The number of aliphatic carboxylic acids is 1. The molecule has 0 bridgehead atoms. The van der Waals surface area contributed by atoms with Crippen LogP contribution in [0.25, 0.3) is 10.9 Å². The molecule has 0 aliphatic heterocycles. The monoisotopic (exact) mass is 339 g/mol.